The molecule has 1 saturated carbocycles. The van der Waals surface area contributed by atoms with Crippen LogP contribution in [0, 0.1) is 12.8 Å². The van der Waals surface area contributed by atoms with Gasteiger partial charge in [0, 0.05) is 6.04 Å². The summed E-state index contributed by atoms with van der Waals surface area (Å²) in [4.78, 5) is 0. The highest BCUT2D eigenvalue weighted by atomic mass is 16.5. The largest absolute Gasteiger partial charge is 0.493 e. The van der Waals surface area contributed by atoms with E-state index in [2.05, 4.69) is 31.4 Å². The Balaban J connectivity index is 2.23. The molecule has 0 saturated heterocycles. The van der Waals surface area contributed by atoms with Gasteiger partial charge in [-0.15, -0.1) is 0 Å². The molecule has 1 fully saturated rings. The number of benzene rings is 1. The van der Waals surface area contributed by atoms with Crippen molar-refractivity contribution in [2.24, 2.45) is 5.92 Å². The van der Waals surface area contributed by atoms with Crippen molar-refractivity contribution in [1.82, 2.24) is 5.32 Å². The average molecular weight is 277 g/mol. The first-order valence-corrected chi connectivity index (χ1v) is 7.59. The van der Waals surface area contributed by atoms with Crippen molar-refractivity contribution in [3.8, 4) is 11.5 Å². The first kappa shape index (κ1) is 15.2. The molecule has 1 aliphatic rings. The van der Waals surface area contributed by atoms with Crippen LogP contribution in [0.25, 0.3) is 0 Å². The van der Waals surface area contributed by atoms with E-state index < -0.39 is 0 Å². The van der Waals surface area contributed by atoms with Gasteiger partial charge in [0.2, 0.25) is 0 Å². The smallest absolute Gasteiger partial charge is 0.161 e. The second-order valence-electron chi connectivity index (χ2n) is 5.79. The SMILES string of the molecule is CNC(CC1CCCC1)c1cc(OC)c(OC)cc1C. The molecule has 1 unspecified atom stereocenters. The third-order valence-electron chi connectivity index (χ3n) is 4.54. The summed E-state index contributed by atoms with van der Waals surface area (Å²) in [7, 11) is 5.43. The van der Waals surface area contributed by atoms with Gasteiger partial charge in [-0.3, -0.25) is 0 Å². The molecule has 0 radical (unpaired) electrons. The highest BCUT2D eigenvalue weighted by Gasteiger charge is 2.22. The summed E-state index contributed by atoms with van der Waals surface area (Å²) >= 11 is 0. The fourth-order valence-corrected chi connectivity index (χ4v) is 3.35. The zero-order chi connectivity index (χ0) is 14.5. The molecule has 1 atom stereocenters. The predicted octanol–water partition coefficient (Wildman–Crippen LogP) is 3.85. The van der Waals surface area contributed by atoms with Gasteiger partial charge in [-0.05, 0) is 49.6 Å². The molecule has 3 nitrogen and oxygen atoms in total. The lowest BCUT2D eigenvalue weighted by Gasteiger charge is -2.23. The van der Waals surface area contributed by atoms with E-state index in [0.29, 0.717) is 6.04 Å². The molecule has 0 bridgehead atoms. The molecule has 0 aromatic heterocycles. The van der Waals surface area contributed by atoms with Crippen LogP contribution in [-0.4, -0.2) is 21.3 Å². The summed E-state index contributed by atoms with van der Waals surface area (Å²) in [5.74, 6) is 2.49. The second-order valence-corrected chi connectivity index (χ2v) is 5.79. The quantitative estimate of drug-likeness (QED) is 0.856. The molecule has 0 aliphatic heterocycles. The van der Waals surface area contributed by atoms with Crippen molar-refractivity contribution in [2.45, 2.75) is 45.1 Å². The molecule has 1 N–H and O–H groups in total. The van der Waals surface area contributed by atoms with E-state index >= 15 is 0 Å². The normalized spacial score (nSPS) is 17.2. The topological polar surface area (TPSA) is 30.5 Å². The van der Waals surface area contributed by atoms with Crippen LogP contribution in [0.2, 0.25) is 0 Å². The average Bonchev–Trinajstić information content (AvgIpc) is 2.97. The molecular weight excluding hydrogens is 250 g/mol. The van der Waals surface area contributed by atoms with E-state index in [9.17, 15) is 0 Å². The summed E-state index contributed by atoms with van der Waals surface area (Å²) < 4.78 is 10.8. The van der Waals surface area contributed by atoms with E-state index in [1.165, 1.54) is 43.2 Å². The van der Waals surface area contributed by atoms with Crippen molar-refractivity contribution in [2.75, 3.05) is 21.3 Å². The zero-order valence-electron chi connectivity index (χ0n) is 13.2. The summed E-state index contributed by atoms with van der Waals surface area (Å²) in [6.45, 7) is 2.15. The van der Waals surface area contributed by atoms with Crippen molar-refractivity contribution < 1.29 is 9.47 Å². The maximum atomic E-state index is 5.44. The molecule has 112 valence electrons. The summed E-state index contributed by atoms with van der Waals surface area (Å²) in [5, 5.41) is 3.48. The number of methoxy groups -OCH3 is 2. The molecule has 3 heteroatoms. The van der Waals surface area contributed by atoms with Gasteiger partial charge in [0.25, 0.3) is 0 Å². The minimum absolute atomic E-state index is 0.401. The number of rotatable bonds is 6. The zero-order valence-corrected chi connectivity index (χ0v) is 13.2. The molecular formula is C17H27NO2. The standard InChI is InChI=1S/C17H27NO2/c1-12-9-16(19-3)17(20-4)11-14(12)15(18-2)10-13-7-5-6-8-13/h9,11,13,15,18H,5-8,10H2,1-4H3. The minimum atomic E-state index is 0.401. The van der Waals surface area contributed by atoms with E-state index in [-0.39, 0.29) is 0 Å². The number of ether oxygens (including phenoxy) is 2. The highest BCUT2D eigenvalue weighted by molar-refractivity contribution is 5.48. The fraction of sp³-hybridized carbons (Fsp3) is 0.647. The Morgan fingerprint density at radius 2 is 1.75 bits per heavy atom. The molecule has 20 heavy (non-hydrogen) atoms. The Morgan fingerprint density at radius 1 is 1.15 bits per heavy atom. The van der Waals surface area contributed by atoms with Crippen molar-refractivity contribution in [3.05, 3.63) is 23.3 Å². The van der Waals surface area contributed by atoms with Crippen molar-refractivity contribution >= 4 is 0 Å². The van der Waals surface area contributed by atoms with Gasteiger partial charge < -0.3 is 14.8 Å². The summed E-state index contributed by atoms with van der Waals surface area (Å²) in [6.07, 6.45) is 6.76. The van der Waals surface area contributed by atoms with Crippen molar-refractivity contribution in [3.63, 3.8) is 0 Å². The van der Waals surface area contributed by atoms with E-state index in [1.807, 2.05) is 0 Å². The lowest BCUT2D eigenvalue weighted by Crippen LogP contribution is -2.20. The molecule has 2 rings (SSSR count). The molecule has 0 heterocycles. The number of hydrogen-bond donors (Lipinski definition) is 1. The molecule has 0 spiro atoms. The van der Waals surface area contributed by atoms with Gasteiger partial charge in [-0.1, -0.05) is 25.7 Å². The van der Waals surface area contributed by atoms with Gasteiger partial charge in [0.1, 0.15) is 0 Å². The van der Waals surface area contributed by atoms with Crippen LogP contribution in [0.4, 0.5) is 0 Å². The van der Waals surface area contributed by atoms with Crippen LogP contribution in [-0.2, 0) is 0 Å². The van der Waals surface area contributed by atoms with Gasteiger partial charge in [0.15, 0.2) is 11.5 Å². The van der Waals surface area contributed by atoms with E-state index in [1.54, 1.807) is 14.2 Å². The Bertz CT molecular complexity index is 439. The molecule has 0 amide bonds. The van der Waals surface area contributed by atoms with E-state index in [0.717, 1.165) is 17.4 Å². The number of hydrogen-bond acceptors (Lipinski definition) is 3. The monoisotopic (exact) mass is 277 g/mol. The first-order valence-electron chi connectivity index (χ1n) is 7.59. The molecule has 1 aromatic carbocycles. The predicted molar refractivity (Wildman–Crippen MR) is 82.7 cm³/mol. The fourth-order valence-electron chi connectivity index (χ4n) is 3.35. The van der Waals surface area contributed by atoms with Crippen LogP contribution in [0.5, 0.6) is 11.5 Å². The Kier molecular flexibility index (Phi) is 5.30. The maximum Gasteiger partial charge on any atom is 0.161 e. The minimum Gasteiger partial charge on any atom is -0.493 e. The van der Waals surface area contributed by atoms with Gasteiger partial charge in [0.05, 0.1) is 14.2 Å². The first-order chi connectivity index (χ1) is 9.69. The lowest BCUT2D eigenvalue weighted by atomic mass is 9.91. The second kappa shape index (κ2) is 6.98. The summed E-state index contributed by atoms with van der Waals surface area (Å²) in [5.41, 5.74) is 2.59. The number of aryl methyl sites for hydroxylation is 1. The Labute approximate surface area is 122 Å². The third kappa shape index (κ3) is 3.26. The Morgan fingerprint density at radius 3 is 2.30 bits per heavy atom. The van der Waals surface area contributed by atoms with E-state index in [4.69, 9.17) is 9.47 Å². The third-order valence-corrected chi connectivity index (χ3v) is 4.54. The molecule has 1 aliphatic carbocycles. The lowest BCUT2D eigenvalue weighted by molar-refractivity contribution is 0.352. The molecule has 1 aromatic rings. The van der Waals surface area contributed by atoms with Crippen LogP contribution in [0.15, 0.2) is 12.1 Å². The van der Waals surface area contributed by atoms with Crippen LogP contribution >= 0.6 is 0 Å². The van der Waals surface area contributed by atoms with Crippen LogP contribution < -0.4 is 14.8 Å². The maximum absolute atomic E-state index is 5.44. The summed E-state index contributed by atoms with van der Waals surface area (Å²) in [6, 6.07) is 4.61. The van der Waals surface area contributed by atoms with Crippen LogP contribution in [0.1, 0.15) is 49.3 Å². The Hall–Kier alpha value is -1.22. The highest BCUT2D eigenvalue weighted by Crippen LogP contribution is 2.37. The van der Waals surface area contributed by atoms with Gasteiger partial charge in [-0.2, -0.15) is 0 Å². The van der Waals surface area contributed by atoms with Gasteiger partial charge >= 0.3 is 0 Å². The van der Waals surface area contributed by atoms with Gasteiger partial charge in [-0.25, -0.2) is 0 Å². The van der Waals surface area contributed by atoms with Crippen molar-refractivity contribution in [1.29, 1.82) is 0 Å². The van der Waals surface area contributed by atoms with Crippen LogP contribution in [0.3, 0.4) is 0 Å². The number of nitrogens with one attached hydrogen (secondary N) is 1.